The Morgan fingerprint density at radius 1 is 0.370 bits per heavy atom. The maximum absolute atomic E-state index is 2.49. The predicted molar refractivity (Wildman–Crippen MR) is 197 cm³/mol. The Kier molecular flexibility index (Phi) is 5.75. The number of hydrogen-bond acceptors (Lipinski definition) is 0. The number of hydrogen-bond donors (Lipinski definition) is 0. The van der Waals surface area contributed by atoms with Gasteiger partial charge in [-0.15, -0.1) is 0 Å². The summed E-state index contributed by atoms with van der Waals surface area (Å²) in [5.74, 6) is 1.37. The van der Waals surface area contributed by atoms with E-state index in [1.807, 2.05) is 0 Å². The highest BCUT2D eigenvalue weighted by molar-refractivity contribution is 6.25. The molecule has 46 heavy (non-hydrogen) atoms. The Bertz CT molecular complexity index is 2410. The highest BCUT2D eigenvalue weighted by Gasteiger charge is 2.36. The quantitative estimate of drug-likeness (QED) is 0.181. The Hall–Kier alpha value is -5.20. The molecule has 8 aromatic carbocycles. The van der Waals surface area contributed by atoms with Crippen LogP contribution in [0.15, 0.2) is 146 Å². The van der Waals surface area contributed by atoms with Crippen LogP contribution < -0.4 is 0 Å². The molecule has 0 nitrogen and oxygen atoms in total. The van der Waals surface area contributed by atoms with Crippen LogP contribution in [-0.4, -0.2) is 0 Å². The van der Waals surface area contributed by atoms with Crippen molar-refractivity contribution in [1.29, 1.82) is 0 Å². The van der Waals surface area contributed by atoms with Crippen molar-refractivity contribution in [2.24, 2.45) is 0 Å². The first kappa shape index (κ1) is 26.1. The van der Waals surface area contributed by atoms with E-state index in [4.69, 9.17) is 0 Å². The monoisotopic (exact) mass is 586 g/mol. The van der Waals surface area contributed by atoms with E-state index in [2.05, 4.69) is 146 Å². The summed E-state index contributed by atoms with van der Waals surface area (Å²) in [6.07, 6.45) is 5.36. The first-order valence-electron chi connectivity index (χ1n) is 16.9. The fourth-order valence-corrected chi connectivity index (χ4v) is 9.20. The first-order chi connectivity index (χ1) is 22.8. The van der Waals surface area contributed by atoms with Gasteiger partial charge in [0.2, 0.25) is 0 Å². The van der Waals surface area contributed by atoms with Gasteiger partial charge in [0.05, 0.1) is 0 Å². The van der Waals surface area contributed by atoms with Crippen LogP contribution in [0.25, 0.3) is 76.5 Å². The van der Waals surface area contributed by atoms with E-state index in [0.29, 0.717) is 11.8 Å². The highest BCUT2D eigenvalue weighted by atomic mass is 14.4. The fraction of sp³-hybridized carbons (Fsp3) is 0.130. The molecule has 2 aliphatic rings. The predicted octanol–water partition coefficient (Wildman–Crippen LogP) is 13.1. The average Bonchev–Trinajstić information content (AvgIpc) is 3.46. The molecule has 0 aliphatic heterocycles. The molecular weight excluding hydrogens is 553 g/mol. The van der Waals surface area contributed by atoms with Gasteiger partial charge in [0, 0.05) is 0 Å². The van der Waals surface area contributed by atoms with Crippen LogP contribution in [-0.2, 0) is 0 Å². The molecule has 0 radical (unpaired) electrons. The minimum atomic E-state index is 0.684. The van der Waals surface area contributed by atoms with Crippen LogP contribution in [0, 0.1) is 0 Å². The molecule has 0 heterocycles. The lowest BCUT2D eigenvalue weighted by Crippen LogP contribution is -2.10. The topological polar surface area (TPSA) is 0 Å². The van der Waals surface area contributed by atoms with Crippen molar-refractivity contribution in [2.45, 2.75) is 37.5 Å². The van der Waals surface area contributed by atoms with Crippen LogP contribution in [0.1, 0.15) is 48.6 Å². The zero-order valence-electron chi connectivity index (χ0n) is 25.8. The second-order valence-corrected chi connectivity index (χ2v) is 13.4. The Morgan fingerprint density at radius 2 is 0.913 bits per heavy atom. The molecule has 0 N–H and O–H groups in total. The zero-order valence-corrected chi connectivity index (χ0v) is 25.8. The zero-order chi connectivity index (χ0) is 30.2. The van der Waals surface area contributed by atoms with Crippen molar-refractivity contribution in [2.75, 3.05) is 0 Å². The van der Waals surface area contributed by atoms with Crippen molar-refractivity contribution in [3.8, 4) is 33.4 Å². The molecule has 1 saturated carbocycles. The van der Waals surface area contributed by atoms with E-state index in [9.17, 15) is 0 Å². The van der Waals surface area contributed by atoms with E-state index >= 15 is 0 Å². The van der Waals surface area contributed by atoms with Crippen molar-refractivity contribution >= 4 is 43.1 Å². The van der Waals surface area contributed by atoms with Gasteiger partial charge < -0.3 is 0 Å². The van der Waals surface area contributed by atoms with Crippen molar-refractivity contribution in [3.05, 3.63) is 157 Å². The summed E-state index contributed by atoms with van der Waals surface area (Å²) in [7, 11) is 0. The van der Waals surface area contributed by atoms with Gasteiger partial charge in [-0.3, -0.25) is 0 Å². The maximum Gasteiger partial charge on any atom is -0.00199 e. The lowest BCUT2D eigenvalue weighted by Gasteiger charge is -2.26. The van der Waals surface area contributed by atoms with E-state index < -0.39 is 0 Å². The Morgan fingerprint density at radius 3 is 1.59 bits per heavy atom. The molecule has 1 fully saturated rings. The normalized spacial score (nSPS) is 17.2. The van der Waals surface area contributed by atoms with Crippen LogP contribution in [0.5, 0.6) is 0 Å². The van der Waals surface area contributed by atoms with Crippen LogP contribution in [0.4, 0.5) is 0 Å². The third-order valence-electron chi connectivity index (χ3n) is 11.1. The van der Waals surface area contributed by atoms with Gasteiger partial charge in [0.25, 0.3) is 0 Å². The smallest absolute Gasteiger partial charge is 0.00199 e. The summed E-state index contributed by atoms with van der Waals surface area (Å²) in [6, 6.07) is 54.8. The lowest BCUT2D eigenvalue weighted by molar-refractivity contribution is 0.400. The van der Waals surface area contributed by atoms with E-state index in [0.717, 1.165) is 0 Å². The summed E-state index contributed by atoms with van der Waals surface area (Å²) >= 11 is 0. The van der Waals surface area contributed by atoms with Crippen LogP contribution in [0.2, 0.25) is 0 Å². The summed E-state index contributed by atoms with van der Waals surface area (Å²) in [4.78, 5) is 0. The second-order valence-electron chi connectivity index (χ2n) is 13.4. The number of fused-ring (bicyclic) bond motifs is 6. The second kappa shape index (κ2) is 10.2. The molecule has 0 spiro atoms. The van der Waals surface area contributed by atoms with Crippen molar-refractivity contribution in [1.82, 2.24) is 0 Å². The number of benzene rings is 8. The SMILES string of the molecule is c1ccc(-c2cc(-c3c4ccccc4c(-c4ccc5c6c(cccc46)C4CCCCC54)c4ccccc34)c3ccccc3c2)cc1. The minimum Gasteiger partial charge on any atom is -0.0622 e. The largest absolute Gasteiger partial charge is 0.0622 e. The summed E-state index contributed by atoms with van der Waals surface area (Å²) in [5, 5.41) is 10.8. The molecule has 2 atom stereocenters. The number of rotatable bonds is 3. The van der Waals surface area contributed by atoms with Crippen LogP contribution in [0.3, 0.4) is 0 Å². The van der Waals surface area contributed by atoms with Gasteiger partial charge in [-0.1, -0.05) is 146 Å². The van der Waals surface area contributed by atoms with Gasteiger partial charge in [-0.2, -0.15) is 0 Å². The Labute approximate surface area is 270 Å². The lowest BCUT2D eigenvalue weighted by atomic mass is 9.78. The first-order valence-corrected chi connectivity index (χ1v) is 16.9. The summed E-state index contributed by atoms with van der Waals surface area (Å²) in [6.45, 7) is 0. The molecule has 0 aromatic heterocycles. The van der Waals surface area contributed by atoms with Crippen LogP contribution >= 0.6 is 0 Å². The van der Waals surface area contributed by atoms with Gasteiger partial charge >= 0.3 is 0 Å². The van der Waals surface area contributed by atoms with Crippen molar-refractivity contribution < 1.29 is 0 Å². The Balaban J connectivity index is 1.32. The van der Waals surface area contributed by atoms with E-state index in [1.165, 1.54) is 102 Å². The van der Waals surface area contributed by atoms with Gasteiger partial charge in [0.15, 0.2) is 0 Å². The molecule has 0 bridgehead atoms. The molecule has 8 aromatic rings. The van der Waals surface area contributed by atoms with E-state index in [-0.39, 0.29) is 0 Å². The molecule has 10 rings (SSSR count). The summed E-state index contributed by atoms with van der Waals surface area (Å²) in [5.41, 5.74) is 11.0. The average molecular weight is 587 g/mol. The van der Waals surface area contributed by atoms with Gasteiger partial charge in [-0.05, 0) is 124 Å². The molecular formula is C46H34. The standard InChI is InChI=1S/C46H34/c1-2-13-29(14-3-1)31-27-30-15-4-5-16-32(30)43(28-31)46-38-21-10-8-19-36(38)45(37-20-9-11-22-39(37)46)42-26-25-41-34-18-7-6-17-33(34)35-23-12-24-40(42)44(35)41/h1-5,8-16,19-28,33-34H,6-7,17-18H2. The van der Waals surface area contributed by atoms with E-state index in [1.54, 1.807) is 11.1 Å². The third-order valence-corrected chi connectivity index (χ3v) is 11.1. The van der Waals surface area contributed by atoms with Crippen molar-refractivity contribution in [3.63, 3.8) is 0 Å². The highest BCUT2D eigenvalue weighted by Crippen LogP contribution is 2.56. The van der Waals surface area contributed by atoms with Gasteiger partial charge in [-0.25, -0.2) is 0 Å². The fourth-order valence-electron chi connectivity index (χ4n) is 9.20. The third kappa shape index (κ3) is 3.74. The molecule has 2 unspecified atom stereocenters. The van der Waals surface area contributed by atoms with Gasteiger partial charge in [0.1, 0.15) is 0 Å². The maximum atomic E-state index is 2.49. The molecule has 0 amide bonds. The summed E-state index contributed by atoms with van der Waals surface area (Å²) < 4.78 is 0. The molecule has 218 valence electrons. The molecule has 0 heteroatoms. The molecule has 0 saturated heterocycles. The molecule has 2 aliphatic carbocycles. The minimum absolute atomic E-state index is 0.684.